The van der Waals surface area contributed by atoms with Crippen molar-refractivity contribution >= 4 is 32.5 Å². The predicted octanol–water partition coefficient (Wildman–Crippen LogP) is 0.981. The fourth-order valence-electron chi connectivity index (χ4n) is 1.92. The number of para-hydroxylation sites is 1. The summed E-state index contributed by atoms with van der Waals surface area (Å²) < 4.78 is 23.6. The monoisotopic (exact) mass is 340 g/mol. The van der Waals surface area contributed by atoms with E-state index < -0.39 is 15.5 Å². The van der Waals surface area contributed by atoms with Gasteiger partial charge >= 0.3 is 5.69 Å². The Morgan fingerprint density at radius 1 is 1.23 bits per heavy atom. The van der Waals surface area contributed by atoms with Gasteiger partial charge in [-0.25, -0.2) is 13.2 Å². The minimum absolute atomic E-state index is 0.00411. The zero-order chi connectivity index (χ0) is 16.2. The smallest absolute Gasteiger partial charge is 0.307 e. The molecule has 6 nitrogen and oxygen atoms in total. The van der Waals surface area contributed by atoms with Crippen LogP contribution in [0.15, 0.2) is 45.8 Å². The predicted molar refractivity (Wildman–Crippen MR) is 90.1 cm³/mol. The van der Waals surface area contributed by atoms with Crippen molar-refractivity contribution in [3.05, 3.63) is 57.1 Å². The van der Waals surface area contributed by atoms with E-state index in [0.717, 1.165) is 9.98 Å². The number of nitrogens with zero attached hydrogens (tertiary/aromatic N) is 1. The number of hydrogen-bond acceptors (Lipinski definition) is 5. The minimum atomic E-state index is -3.20. The molecule has 0 atom stereocenters. The number of fused-ring (bicyclic) bond motifs is 1. The highest BCUT2D eigenvalue weighted by atomic mass is 32.2. The van der Waals surface area contributed by atoms with Gasteiger partial charge in [-0.1, -0.05) is 18.7 Å². The summed E-state index contributed by atoms with van der Waals surface area (Å²) in [5, 5.41) is 1.40. The van der Waals surface area contributed by atoms with Crippen LogP contribution in [0, 0.1) is 0 Å². The first-order chi connectivity index (χ1) is 10.4. The molecule has 1 N–H and O–H groups in total. The summed E-state index contributed by atoms with van der Waals surface area (Å²) in [7, 11) is -3.20. The Labute approximate surface area is 131 Å². The lowest BCUT2D eigenvalue weighted by Gasteiger charge is -2.06. The first kappa shape index (κ1) is 16.6. The molecular weight excluding hydrogens is 324 g/mol. The molecule has 118 valence electrons. The van der Waals surface area contributed by atoms with Crippen molar-refractivity contribution in [3.8, 4) is 0 Å². The normalized spacial score (nSPS) is 11.6. The van der Waals surface area contributed by atoms with Gasteiger partial charge in [-0.3, -0.25) is 9.36 Å². The van der Waals surface area contributed by atoms with E-state index in [-0.39, 0.29) is 17.9 Å². The van der Waals surface area contributed by atoms with Crippen LogP contribution in [0.25, 0.3) is 10.9 Å². The Balaban J connectivity index is 2.05. The Hall–Kier alpha value is -1.80. The van der Waals surface area contributed by atoms with Gasteiger partial charge in [0.1, 0.15) is 0 Å². The molecular formula is C14H16N2O4S2. The Morgan fingerprint density at radius 3 is 2.68 bits per heavy atom. The molecule has 0 unspecified atom stereocenters. The van der Waals surface area contributed by atoms with Crippen LogP contribution in [0.2, 0.25) is 0 Å². The van der Waals surface area contributed by atoms with Crippen LogP contribution in [0.3, 0.4) is 0 Å². The van der Waals surface area contributed by atoms with Crippen molar-refractivity contribution in [2.45, 2.75) is 6.54 Å². The molecule has 22 heavy (non-hydrogen) atoms. The van der Waals surface area contributed by atoms with Crippen LogP contribution >= 0.6 is 11.8 Å². The second-order valence-corrected chi connectivity index (χ2v) is 7.87. The zero-order valence-electron chi connectivity index (χ0n) is 11.8. The third-order valence-electron chi connectivity index (χ3n) is 3.11. The molecule has 0 spiro atoms. The van der Waals surface area contributed by atoms with E-state index in [0.29, 0.717) is 22.4 Å². The number of benzene rings is 1. The van der Waals surface area contributed by atoms with Crippen LogP contribution in [-0.4, -0.2) is 35.2 Å². The number of sulfone groups is 1. The van der Waals surface area contributed by atoms with Gasteiger partial charge in [-0.15, -0.1) is 0 Å². The number of aromatic amines is 1. The van der Waals surface area contributed by atoms with E-state index in [1.807, 2.05) is 0 Å². The van der Waals surface area contributed by atoms with E-state index in [9.17, 15) is 18.0 Å². The summed E-state index contributed by atoms with van der Waals surface area (Å²) in [4.78, 5) is 26.8. The molecule has 1 aromatic heterocycles. The van der Waals surface area contributed by atoms with Gasteiger partial charge in [0.2, 0.25) is 0 Å². The summed E-state index contributed by atoms with van der Waals surface area (Å²) in [5.74, 6) is 0.882. The summed E-state index contributed by atoms with van der Waals surface area (Å²) in [6.07, 6.45) is 0. The quantitative estimate of drug-likeness (QED) is 0.759. The molecule has 1 aromatic carbocycles. The van der Waals surface area contributed by atoms with Crippen LogP contribution in [-0.2, 0) is 16.4 Å². The lowest BCUT2D eigenvalue weighted by atomic mass is 10.2. The molecule has 0 saturated carbocycles. The molecule has 0 aliphatic heterocycles. The molecule has 1 heterocycles. The molecule has 0 saturated heterocycles. The topological polar surface area (TPSA) is 89.0 Å². The first-order valence-electron chi connectivity index (χ1n) is 6.59. The van der Waals surface area contributed by atoms with E-state index in [2.05, 4.69) is 11.6 Å². The van der Waals surface area contributed by atoms with Crippen molar-refractivity contribution in [2.24, 2.45) is 0 Å². The van der Waals surface area contributed by atoms with Gasteiger partial charge < -0.3 is 4.98 Å². The van der Waals surface area contributed by atoms with Gasteiger partial charge in [0.25, 0.3) is 5.56 Å². The van der Waals surface area contributed by atoms with E-state index in [1.54, 1.807) is 24.3 Å². The van der Waals surface area contributed by atoms with Crippen molar-refractivity contribution < 1.29 is 8.42 Å². The number of rotatable bonds is 7. The fraction of sp³-hybridized carbons (Fsp3) is 0.286. The number of aromatic nitrogens is 2. The lowest BCUT2D eigenvalue weighted by molar-refractivity contribution is 0.606. The van der Waals surface area contributed by atoms with Crippen molar-refractivity contribution in [2.75, 3.05) is 17.3 Å². The molecule has 0 bridgehead atoms. The second-order valence-electron chi connectivity index (χ2n) is 4.58. The molecule has 0 radical (unpaired) electrons. The van der Waals surface area contributed by atoms with Crippen LogP contribution < -0.4 is 11.2 Å². The molecule has 0 aliphatic rings. The third-order valence-corrected chi connectivity index (χ3v) is 5.62. The average Bonchev–Trinajstić information content (AvgIpc) is 2.50. The Morgan fingerprint density at radius 2 is 1.95 bits per heavy atom. The summed E-state index contributed by atoms with van der Waals surface area (Å²) in [5.41, 5.74) is -0.278. The molecule has 0 amide bonds. The van der Waals surface area contributed by atoms with Gasteiger partial charge in [-0.05, 0) is 12.1 Å². The van der Waals surface area contributed by atoms with Gasteiger partial charge in [0.15, 0.2) is 9.84 Å². The number of thioether (sulfide) groups is 1. The molecule has 8 heteroatoms. The van der Waals surface area contributed by atoms with E-state index >= 15 is 0 Å². The standard InChI is InChI=1S/C14H16N2O4S2/c1-2-22(19,20)10-9-21-8-7-16-13(17)11-5-3-4-6-12(11)15-14(16)18/h2-6H,1,7-10H2,(H,15,18). The lowest BCUT2D eigenvalue weighted by Crippen LogP contribution is -2.35. The van der Waals surface area contributed by atoms with Crippen molar-refractivity contribution in [3.63, 3.8) is 0 Å². The minimum Gasteiger partial charge on any atom is -0.307 e. The van der Waals surface area contributed by atoms with Gasteiger partial charge in [0, 0.05) is 23.5 Å². The van der Waals surface area contributed by atoms with Crippen LogP contribution in [0.4, 0.5) is 0 Å². The molecule has 0 aliphatic carbocycles. The Bertz CT molecular complexity index is 897. The van der Waals surface area contributed by atoms with Gasteiger partial charge in [-0.2, -0.15) is 11.8 Å². The Kier molecular flexibility index (Phi) is 5.25. The third kappa shape index (κ3) is 3.89. The fourth-order valence-corrected chi connectivity index (χ4v) is 4.00. The SMILES string of the molecule is C=CS(=O)(=O)CCSCCn1c(=O)[nH]c2ccccc2c1=O. The summed E-state index contributed by atoms with van der Waals surface area (Å²) in [6, 6.07) is 6.82. The molecule has 0 fully saturated rings. The van der Waals surface area contributed by atoms with Crippen molar-refractivity contribution in [1.29, 1.82) is 0 Å². The van der Waals surface area contributed by atoms with Crippen LogP contribution in [0.1, 0.15) is 0 Å². The highest BCUT2D eigenvalue weighted by Crippen LogP contribution is 2.05. The average molecular weight is 340 g/mol. The largest absolute Gasteiger partial charge is 0.328 e. The number of hydrogen-bond donors (Lipinski definition) is 1. The second kappa shape index (κ2) is 6.97. The van der Waals surface area contributed by atoms with E-state index in [4.69, 9.17) is 0 Å². The maximum absolute atomic E-state index is 12.2. The summed E-state index contributed by atoms with van der Waals surface area (Å²) >= 11 is 1.37. The van der Waals surface area contributed by atoms with Gasteiger partial charge in [0.05, 0.1) is 16.7 Å². The van der Waals surface area contributed by atoms with Crippen molar-refractivity contribution in [1.82, 2.24) is 9.55 Å². The summed E-state index contributed by atoms with van der Waals surface area (Å²) in [6.45, 7) is 3.48. The maximum Gasteiger partial charge on any atom is 0.328 e. The number of nitrogens with one attached hydrogen (secondary N) is 1. The maximum atomic E-state index is 12.2. The van der Waals surface area contributed by atoms with E-state index in [1.165, 1.54) is 11.8 Å². The van der Waals surface area contributed by atoms with Crippen LogP contribution in [0.5, 0.6) is 0 Å². The first-order valence-corrected chi connectivity index (χ1v) is 9.46. The molecule has 2 aromatic rings. The highest BCUT2D eigenvalue weighted by Gasteiger charge is 2.08. The number of H-pyrrole nitrogens is 1. The molecule has 2 rings (SSSR count). The highest BCUT2D eigenvalue weighted by molar-refractivity contribution is 8.01. The zero-order valence-corrected chi connectivity index (χ0v) is 13.5.